The van der Waals surface area contributed by atoms with Gasteiger partial charge in [0.2, 0.25) is 0 Å². The molecule has 0 aliphatic carbocycles. The number of carbonyl (C=O) groups excluding carboxylic acids is 1. The third kappa shape index (κ3) is 3.92. The molecule has 0 bridgehead atoms. The Morgan fingerprint density at radius 1 is 1.47 bits per heavy atom. The summed E-state index contributed by atoms with van der Waals surface area (Å²) in [7, 11) is 0. The third-order valence-electron chi connectivity index (χ3n) is 1.86. The maximum Gasteiger partial charge on any atom is 0.336 e. The van der Waals surface area contributed by atoms with Gasteiger partial charge in [0.15, 0.2) is 0 Å². The molecule has 0 spiro atoms. The van der Waals surface area contributed by atoms with Crippen molar-refractivity contribution in [2.24, 2.45) is 0 Å². The van der Waals surface area contributed by atoms with Gasteiger partial charge in [-0.05, 0) is 34.1 Å². The zero-order chi connectivity index (χ0) is 12.8. The summed E-state index contributed by atoms with van der Waals surface area (Å²) in [5, 5.41) is 13.9. The van der Waals surface area contributed by atoms with E-state index in [9.17, 15) is 9.59 Å². The summed E-state index contributed by atoms with van der Waals surface area (Å²) in [5.74, 6) is -1.06. The van der Waals surface area contributed by atoms with Crippen LogP contribution in [0.15, 0.2) is 35.3 Å². The largest absolute Gasteiger partial charge is 0.478 e. The standard InChI is InChI=1S/C11H11BrN2O3/c1-2-5-13-11(17)14-7-3-4-9(12)8(6-7)10(15)16/h2-4,6H,1,5H2,(H,15,16)(H2,13,14,17). The molecule has 0 aliphatic rings. The summed E-state index contributed by atoms with van der Waals surface area (Å²) in [6.07, 6.45) is 1.55. The lowest BCUT2D eigenvalue weighted by Crippen LogP contribution is -2.28. The van der Waals surface area contributed by atoms with E-state index in [0.29, 0.717) is 16.7 Å². The number of hydrogen-bond donors (Lipinski definition) is 3. The Hall–Kier alpha value is -1.82. The molecule has 0 atom stereocenters. The fourth-order valence-electron chi connectivity index (χ4n) is 1.11. The van der Waals surface area contributed by atoms with Crippen molar-refractivity contribution in [2.45, 2.75) is 0 Å². The van der Waals surface area contributed by atoms with Gasteiger partial charge in [0.25, 0.3) is 0 Å². The molecule has 1 aromatic rings. The highest BCUT2D eigenvalue weighted by Crippen LogP contribution is 2.21. The number of carbonyl (C=O) groups is 2. The fraction of sp³-hybridized carbons (Fsp3) is 0.0909. The highest BCUT2D eigenvalue weighted by molar-refractivity contribution is 9.10. The van der Waals surface area contributed by atoms with Crippen LogP contribution in [0.5, 0.6) is 0 Å². The van der Waals surface area contributed by atoms with Crippen LogP contribution in [-0.4, -0.2) is 23.7 Å². The monoisotopic (exact) mass is 298 g/mol. The minimum absolute atomic E-state index is 0.0894. The molecule has 0 aromatic heterocycles. The normalized spacial score (nSPS) is 9.47. The van der Waals surface area contributed by atoms with Crippen LogP contribution in [0.1, 0.15) is 10.4 Å². The van der Waals surface area contributed by atoms with Crippen molar-refractivity contribution in [3.8, 4) is 0 Å². The van der Waals surface area contributed by atoms with Crippen LogP contribution in [0.3, 0.4) is 0 Å². The van der Waals surface area contributed by atoms with Crippen molar-refractivity contribution in [3.05, 3.63) is 40.9 Å². The molecule has 2 amide bonds. The number of halogens is 1. The Labute approximate surface area is 107 Å². The van der Waals surface area contributed by atoms with Crippen molar-refractivity contribution in [1.82, 2.24) is 5.32 Å². The third-order valence-corrected chi connectivity index (χ3v) is 2.55. The van der Waals surface area contributed by atoms with E-state index in [1.165, 1.54) is 6.07 Å². The lowest BCUT2D eigenvalue weighted by atomic mass is 10.2. The number of rotatable bonds is 4. The minimum atomic E-state index is -1.06. The fourth-order valence-corrected chi connectivity index (χ4v) is 1.52. The van der Waals surface area contributed by atoms with Gasteiger partial charge in [0, 0.05) is 16.7 Å². The Morgan fingerprint density at radius 2 is 2.18 bits per heavy atom. The second-order valence-electron chi connectivity index (χ2n) is 3.12. The number of benzene rings is 1. The first-order valence-corrected chi connectivity index (χ1v) is 5.52. The molecule has 3 N–H and O–H groups in total. The van der Waals surface area contributed by atoms with E-state index < -0.39 is 12.0 Å². The molecule has 90 valence electrons. The average Bonchev–Trinajstić information content (AvgIpc) is 2.28. The van der Waals surface area contributed by atoms with Gasteiger partial charge in [-0.1, -0.05) is 6.08 Å². The second-order valence-corrected chi connectivity index (χ2v) is 3.98. The van der Waals surface area contributed by atoms with Crippen LogP contribution in [0.4, 0.5) is 10.5 Å². The number of aromatic carboxylic acids is 1. The van der Waals surface area contributed by atoms with Crippen molar-refractivity contribution < 1.29 is 14.7 Å². The van der Waals surface area contributed by atoms with Crippen molar-refractivity contribution in [2.75, 3.05) is 11.9 Å². The molecular weight excluding hydrogens is 288 g/mol. The van der Waals surface area contributed by atoms with Crippen LogP contribution in [-0.2, 0) is 0 Å². The number of nitrogens with one attached hydrogen (secondary N) is 2. The maximum atomic E-state index is 11.3. The Balaban J connectivity index is 2.79. The summed E-state index contributed by atoms with van der Waals surface area (Å²) in [6, 6.07) is 4.12. The van der Waals surface area contributed by atoms with Gasteiger partial charge in [0.05, 0.1) is 5.56 Å². The van der Waals surface area contributed by atoms with Crippen LogP contribution >= 0.6 is 15.9 Å². The van der Waals surface area contributed by atoms with E-state index in [1.807, 2.05) is 0 Å². The van der Waals surface area contributed by atoms with E-state index >= 15 is 0 Å². The van der Waals surface area contributed by atoms with Crippen LogP contribution in [0, 0.1) is 0 Å². The molecule has 0 saturated carbocycles. The van der Waals surface area contributed by atoms with Gasteiger partial charge in [0.1, 0.15) is 0 Å². The van der Waals surface area contributed by atoms with Gasteiger partial charge in [-0.15, -0.1) is 6.58 Å². The zero-order valence-corrected chi connectivity index (χ0v) is 10.5. The van der Waals surface area contributed by atoms with Gasteiger partial charge in [-0.25, -0.2) is 9.59 Å². The van der Waals surface area contributed by atoms with Gasteiger partial charge in [-0.3, -0.25) is 0 Å². The van der Waals surface area contributed by atoms with E-state index in [2.05, 4.69) is 33.1 Å². The minimum Gasteiger partial charge on any atom is -0.478 e. The average molecular weight is 299 g/mol. The van der Waals surface area contributed by atoms with E-state index in [-0.39, 0.29) is 5.56 Å². The summed E-state index contributed by atoms with van der Waals surface area (Å²) >= 11 is 3.12. The first-order valence-electron chi connectivity index (χ1n) is 4.73. The van der Waals surface area contributed by atoms with Gasteiger partial charge in [-0.2, -0.15) is 0 Å². The first-order chi connectivity index (χ1) is 8.04. The van der Waals surface area contributed by atoms with Gasteiger partial charge >= 0.3 is 12.0 Å². The predicted molar refractivity (Wildman–Crippen MR) is 68.3 cm³/mol. The summed E-state index contributed by atoms with van der Waals surface area (Å²) in [4.78, 5) is 22.2. The Kier molecular flexibility index (Phi) is 4.71. The molecule has 0 saturated heterocycles. The van der Waals surface area contributed by atoms with Crippen LogP contribution < -0.4 is 10.6 Å². The quantitative estimate of drug-likeness (QED) is 0.747. The molecule has 0 unspecified atom stereocenters. The summed E-state index contributed by atoms with van der Waals surface area (Å²) < 4.78 is 0.460. The van der Waals surface area contributed by atoms with Crippen molar-refractivity contribution >= 4 is 33.6 Å². The number of carboxylic acids is 1. The SMILES string of the molecule is C=CCNC(=O)Nc1ccc(Br)c(C(=O)O)c1. The number of hydrogen-bond acceptors (Lipinski definition) is 2. The molecule has 6 heteroatoms. The number of urea groups is 1. The summed E-state index contributed by atoms with van der Waals surface area (Å²) in [5.41, 5.74) is 0.499. The molecule has 0 radical (unpaired) electrons. The molecule has 0 aliphatic heterocycles. The number of carboxylic acid groups (broad SMARTS) is 1. The Bertz CT molecular complexity index is 460. The molecule has 5 nitrogen and oxygen atoms in total. The van der Waals surface area contributed by atoms with E-state index in [0.717, 1.165) is 0 Å². The Morgan fingerprint density at radius 3 is 2.76 bits per heavy atom. The van der Waals surface area contributed by atoms with E-state index in [1.54, 1.807) is 18.2 Å². The lowest BCUT2D eigenvalue weighted by molar-refractivity contribution is 0.0696. The van der Waals surface area contributed by atoms with Crippen molar-refractivity contribution in [3.63, 3.8) is 0 Å². The zero-order valence-electron chi connectivity index (χ0n) is 8.87. The highest BCUT2D eigenvalue weighted by Gasteiger charge is 2.10. The first kappa shape index (κ1) is 13.2. The second kappa shape index (κ2) is 6.05. The molecule has 17 heavy (non-hydrogen) atoms. The van der Waals surface area contributed by atoms with Crippen LogP contribution in [0.2, 0.25) is 0 Å². The molecule has 1 aromatic carbocycles. The number of amides is 2. The van der Waals surface area contributed by atoms with Crippen LogP contribution in [0.25, 0.3) is 0 Å². The molecule has 0 fully saturated rings. The maximum absolute atomic E-state index is 11.3. The predicted octanol–water partition coefficient (Wildman–Crippen LogP) is 2.45. The van der Waals surface area contributed by atoms with Gasteiger partial charge < -0.3 is 15.7 Å². The molecule has 1 rings (SSSR count). The van der Waals surface area contributed by atoms with Crippen molar-refractivity contribution in [1.29, 1.82) is 0 Å². The van der Waals surface area contributed by atoms with E-state index in [4.69, 9.17) is 5.11 Å². The smallest absolute Gasteiger partial charge is 0.336 e. The molecule has 0 heterocycles. The summed E-state index contributed by atoms with van der Waals surface area (Å²) in [6.45, 7) is 3.80. The topological polar surface area (TPSA) is 78.4 Å². The highest BCUT2D eigenvalue weighted by atomic mass is 79.9. The lowest BCUT2D eigenvalue weighted by Gasteiger charge is -2.07. The molecular formula is C11H11BrN2O3. The number of anilines is 1.